The van der Waals surface area contributed by atoms with E-state index in [0.717, 1.165) is 44.9 Å². The van der Waals surface area contributed by atoms with Crippen LogP contribution >= 0.6 is 0 Å². The zero-order valence-corrected chi connectivity index (χ0v) is 39.5. The molecule has 0 rings (SSSR count). The molecule has 1 amide bonds. The van der Waals surface area contributed by atoms with Gasteiger partial charge in [-0.05, 0) is 77.0 Å². The second-order valence-electron chi connectivity index (χ2n) is 17.6. The zero-order valence-electron chi connectivity index (χ0n) is 39.5. The standard InChI is InChI=1S/C55H101NO3/c1-3-5-7-9-11-13-15-17-19-21-23-25-26-27-28-29-30-31-33-35-37-39-41-43-45-47-49-51-55(59)56-53(52-57)54(58)50-48-46-44-42-40-38-36-34-32-24-22-20-18-16-14-12-10-8-6-4-2/h23,25,27-28,32,34,40,42,48,50,53-54,57-58H,3-22,24,26,29-31,33,35-39,41,43-47,49,51-52H2,1-2H3,(H,56,59)/b25-23-,28-27-,34-32+,42-40+,50-48+. The van der Waals surface area contributed by atoms with Gasteiger partial charge in [0.05, 0.1) is 18.8 Å². The van der Waals surface area contributed by atoms with Gasteiger partial charge in [0.1, 0.15) is 0 Å². The van der Waals surface area contributed by atoms with Gasteiger partial charge in [-0.25, -0.2) is 0 Å². The molecule has 3 N–H and O–H groups in total. The number of aliphatic hydroxyl groups excluding tert-OH is 2. The van der Waals surface area contributed by atoms with Crippen LogP contribution in [-0.2, 0) is 4.79 Å². The predicted octanol–water partition coefficient (Wildman–Crippen LogP) is 16.9. The summed E-state index contributed by atoms with van der Waals surface area (Å²) in [7, 11) is 0. The maximum absolute atomic E-state index is 12.4. The fourth-order valence-corrected chi connectivity index (χ4v) is 7.71. The van der Waals surface area contributed by atoms with Crippen molar-refractivity contribution in [2.24, 2.45) is 0 Å². The average Bonchev–Trinajstić information content (AvgIpc) is 3.24. The lowest BCUT2D eigenvalue weighted by Gasteiger charge is -2.19. The van der Waals surface area contributed by atoms with E-state index in [1.807, 2.05) is 6.08 Å². The van der Waals surface area contributed by atoms with E-state index in [0.29, 0.717) is 6.42 Å². The average molecular weight is 824 g/mol. The molecule has 344 valence electrons. The summed E-state index contributed by atoms with van der Waals surface area (Å²) in [6.07, 6.45) is 70.7. The fraction of sp³-hybridized carbons (Fsp3) is 0.800. The molecule has 0 aromatic heterocycles. The molecule has 0 aromatic carbocycles. The van der Waals surface area contributed by atoms with Crippen LogP contribution in [0.25, 0.3) is 0 Å². The second-order valence-corrected chi connectivity index (χ2v) is 17.6. The van der Waals surface area contributed by atoms with Gasteiger partial charge in [-0.15, -0.1) is 0 Å². The summed E-state index contributed by atoms with van der Waals surface area (Å²) in [5.41, 5.74) is 0. The number of allylic oxidation sites excluding steroid dienone is 9. The molecule has 0 aliphatic carbocycles. The highest BCUT2D eigenvalue weighted by atomic mass is 16.3. The van der Waals surface area contributed by atoms with Crippen LogP contribution in [0, 0.1) is 0 Å². The lowest BCUT2D eigenvalue weighted by molar-refractivity contribution is -0.123. The van der Waals surface area contributed by atoms with Crippen molar-refractivity contribution in [1.29, 1.82) is 0 Å². The Morgan fingerprint density at radius 3 is 1.08 bits per heavy atom. The molecule has 2 atom stereocenters. The first-order valence-corrected chi connectivity index (χ1v) is 26.0. The molecule has 0 aliphatic heterocycles. The summed E-state index contributed by atoms with van der Waals surface area (Å²) in [5.74, 6) is -0.0797. The Morgan fingerprint density at radius 1 is 0.407 bits per heavy atom. The van der Waals surface area contributed by atoms with Gasteiger partial charge in [-0.2, -0.15) is 0 Å². The molecular weight excluding hydrogens is 723 g/mol. The smallest absolute Gasteiger partial charge is 0.220 e. The van der Waals surface area contributed by atoms with Crippen LogP contribution < -0.4 is 5.32 Å². The molecule has 0 aromatic rings. The van der Waals surface area contributed by atoms with Crippen LogP contribution in [0.1, 0.15) is 264 Å². The SMILES string of the molecule is CCCCCCCCCCC/C=C\C/C=C\CCCCCCCCCCCCCC(=O)NC(CO)C(O)/C=C/CC/C=C/CC/C=C/CCCCCCCCCCCC. The summed E-state index contributed by atoms with van der Waals surface area (Å²) in [6.45, 7) is 4.30. The number of hydrogen-bond acceptors (Lipinski definition) is 3. The van der Waals surface area contributed by atoms with Crippen molar-refractivity contribution in [3.63, 3.8) is 0 Å². The van der Waals surface area contributed by atoms with Crippen molar-refractivity contribution >= 4 is 5.91 Å². The third kappa shape index (κ3) is 47.0. The summed E-state index contributed by atoms with van der Waals surface area (Å²) in [4.78, 5) is 12.4. The minimum absolute atomic E-state index is 0.0797. The number of carbonyl (C=O) groups is 1. The summed E-state index contributed by atoms with van der Waals surface area (Å²) in [6, 6.07) is -0.649. The molecule has 2 unspecified atom stereocenters. The Bertz CT molecular complexity index is 981. The highest BCUT2D eigenvalue weighted by molar-refractivity contribution is 5.76. The molecule has 0 aliphatic rings. The Labute approximate surface area is 368 Å². The number of hydrogen-bond donors (Lipinski definition) is 3. The Hall–Kier alpha value is -1.91. The second kappa shape index (κ2) is 50.4. The number of amides is 1. The minimum Gasteiger partial charge on any atom is -0.394 e. The quantitative estimate of drug-likeness (QED) is 0.0423. The molecule has 4 nitrogen and oxygen atoms in total. The van der Waals surface area contributed by atoms with Crippen LogP contribution in [-0.4, -0.2) is 34.9 Å². The summed E-state index contributed by atoms with van der Waals surface area (Å²) in [5, 5.41) is 23.1. The third-order valence-electron chi connectivity index (χ3n) is 11.7. The van der Waals surface area contributed by atoms with Gasteiger partial charge in [0.25, 0.3) is 0 Å². The van der Waals surface area contributed by atoms with Gasteiger partial charge >= 0.3 is 0 Å². The first-order chi connectivity index (χ1) is 29.2. The van der Waals surface area contributed by atoms with Gasteiger partial charge in [-0.3, -0.25) is 4.79 Å². The minimum atomic E-state index is -0.873. The fourth-order valence-electron chi connectivity index (χ4n) is 7.71. The van der Waals surface area contributed by atoms with Crippen molar-refractivity contribution in [2.45, 2.75) is 276 Å². The van der Waals surface area contributed by atoms with Crippen LogP contribution in [0.15, 0.2) is 60.8 Å². The molecule has 59 heavy (non-hydrogen) atoms. The number of nitrogens with one attached hydrogen (secondary N) is 1. The van der Waals surface area contributed by atoms with E-state index >= 15 is 0 Å². The maximum Gasteiger partial charge on any atom is 0.220 e. The van der Waals surface area contributed by atoms with Crippen LogP contribution in [0.5, 0.6) is 0 Å². The normalized spacial score (nSPS) is 13.4. The molecule has 0 bridgehead atoms. The largest absolute Gasteiger partial charge is 0.394 e. The highest BCUT2D eigenvalue weighted by Gasteiger charge is 2.17. The first kappa shape index (κ1) is 57.1. The maximum atomic E-state index is 12.4. The highest BCUT2D eigenvalue weighted by Crippen LogP contribution is 2.15. The van der Waals surface area contributed by atoms with Crippen molar-refractivity contribution < 1.29 is 15.0 Å². The summed E-state index contributed by atoms with van der Waals surface area (Å²) < 4.78 is 0. The van der Waals surface area contributed by atoms with Gasteiger partial charge < -0.3 is 15.5 Å². The Kier molecular flexibility index (Phi) is 48.8. The topological polar surface area (TPSA) is 69.6 Å². The summed E-state index contributed by atoms with van der Waals surface area (Å²) >= 11 is 0. The van der Waals surface area contributed by atoms with E-state index in [2.05, 4.69) is 67.8 Å². The number of aliphatic hydroxyl groups is 2. The van der Waals surface area contributed by atoms with Gasteiger partial charge in [0, 0.05) is 6.42 Å². The molecular formula is C55H101NO3. The van der Waals surface area contributed by atoms with Crippen LogP contribution in [0.2, 0.25) is 0 Å². The van der Waals surface area contributed by atoms with E-state index in [4.69, 9.17) is 0 Å². The number of unbranched alkanes of at least 4 members (excludes halogenated alkanes) is 32. The molecule has 0 spiro atoms. The molecule has 0 heterocycles. The monoisotopic (exact) mass is 824 g/mol. The Morgan fingerprint density at radius 2 is 0.712 bits per heavy atom. The lowest BCUT2D eigenvalue weighted by atomic mass is 10.0. The van der Waals surface area contributed by atoms with Crippen molar-refractivity contribution in [3.8, 4) is 0 Å². The zero-order chi connectivity index (χ0) is 42.8. The van der Waals surface area contributed by atoms with Gasteiger partial charge in [-0.1, -0.05) is 242 Å². The van der Waals surface area contributed by atoms with Gasteiger partial charge in [0.15, 0.2) is 0 Å². The lowest BCUT2D eigenvalue weighted by Crippen LogP contribution is -2.45. The third-order valence-corrected chi connectivity index (χ3v) is 11.7. The first-order valence-electron chi connectivity index (χ1n) is 26.0. The van der Waals surface area contributed by atoms with E-state index < -0.39 is 12.1 Å². The molecule has 0 saturated carbocycles. The molecule has 0 saturated heterocycles. The Balaban J connectivity index is 3.59. The predicted molar refractivity (Wildman–Crippen MR) is 262 cm³/mol. The van der Waals surface area contributed by atoms with E-state index in [1.54, 1.807) is 6.08 Å². The van der Waals surface area contributed by atoms with Crippen LogP contribution in [0.4, 0.5) is 0 Å². The molecule has 0 radical (unpaired) electrons. The van der Waals surface area contributed by atoms with E-state index in [1.165, 1.54) is 199 Å². The van der Waals surface area contributed by atoms with Gasteiger partial charge in [0.2, 0.25) is 5.91 Å². The van der Waals surface area contributed by atoms with Crippen molar-refractivity contribution in [3.05, 3.63) is 60.8 Å². The van der Waals surface area contributed by atoms with Crippen molar-refractivity contribution in [1.82, 2.24) is 5.32 Å². The molecule has 0 fully saturated rings. The van der Waals surface area contributed by atoms with E-state index in [9.17, 15) is 15.0 Å². The number of carbonyl (C=O) groups excluding carboxylic acids is 1. The molecule has 4 heteroatoms. The van der Waals surface area contributed by atoms with Crippen LogP contribution in [0.3, 0.4) is 0 Å². The number of rotatable bonds is 47. The van der Waals surface area contributed by atoms with Crippen molar-refractivity contribution in [2.75, 3.05) is 6.61 Å². The van der Waals surface area contributed by atoms with E-state index in [-0.39, 0.29) is 12.5 Å².